The summed E-state index contributed by atoms with van der Waals surface area (Å²) in [4.78, 5) is 32.1. The third-order valence-corrected chi connectivity index (χ3v) is 9.76. The predicted molar refractivity (Wildman–Crippen MR) is 179 cm³/mol. The molecule has 0 aliphatic carbocycles. The topological polar surface area (TPSA) is 105 Å². The van der Waals surface area contributed by atoms with Gasteiger partial charge in [-0.3, -0.25) is 9.78 Å². The van der Waals surface area contributed by atoms with E-state index in [1.807, 2.05) is 23.9 Å². The predicted octanol–water partition coefficient (Wildman–Crippen LogP) is 6.44. The number of hydrogen-bond acceptors (Lipinski definition) is 9. The summed E-state index contributed by atoms with van der Waals surface area (Å²) in [5, 5.41) is 3.27. The first-order chi connectivity index (χ1) is 22.9. The van der Waals surface area contributed by atoms with Crippen LogP contribution in [-0.4, -0.2) is 77.4 Å². The number of urea groups is 1. The summed E-state index contributed by atoms with van der Waals surface area (Å²) >= 11 is 3.02. The van der Waals surface area contributed by atoms with Gasteiger partial charge in [-0.2, -0.15) is 11.8 Å². The molecule has 4 aromatic rings. The molecule has 0 spiro atoms. The van der Waals surface area contributed by atoms with E-state index >= 15 is 0 Å². The van der Waals surface area contributed by atoms with Crippen molar-refractivity contribution in [3.63, 3.8) is 0 Å². The Morgan fingerprint density at radius 2 is 1.79 bits per heavy atom. The molecule has 2 aliphatic rings. The van der Waals surface area contributed by atoms with Gasteiger partial charge < -0.3 is 24.4 Å². The summed E-state index contributed by atoms with van der Waals surface area (Å²) < 4.78 is 46.6. The van der Waals surface area contributed by atoms with Crippen molar-refractivity contribution in [1.82, 2.24) is 20.3 Å². The van der Waals surface area contributed by atoms with Crippen LogP contribution in [0.25, 0.3) is 10.9 Å². The Morgan fingerprint density at radius 3 is 2.53 bits per heavy atom. The van der Waals surface area contributed by atoms with Gasteiger partial charge in [-0.1, -0.05) is 6.07 Å². The maximum Gasteiger partial charge on any atom is 0.338 e. The van der Waals surface area contributed by atoms with Crippen LogP contribution in [0.3, 0.4) is 0 Å². The SMILES string of the molecule is COc1cc2c(Oc3ccc(NC(=O)NN4C(=O)CSC4c4c(F)cccc4F)cc3)ccnc2cc1OCCCN1CCSCC1. The first-order valence-electron chi connectivity index (χ1n) is 15.0. The third kappa shape index (κ3) is 7.83. The lowest BCUT2D eigenvalue weighted by Gasteiger charge is -2.25. The van der Waals surface area contributed by atoms with Crippen molar-refractivity contribution < 1.29 is 32.6 Å². The molecule has 6 rings (SSSR count). The van der Waals surface area contributed by atoms with E-state index in [9.17, 15) is 18.4 Å². The standard InChI is InChI=1S/C33H33F2N5O5S2/c1-43-28-18-23-26(19-29(28)44-15-3-12-39-13-16-46-17-14-39)36-11-10-27(23)45-22-8-6-21(7-9-22)37-33(42)38-40-30(41)20-47-32(40)31-24(34)4-2-5-25(31)35/h2,4-11,18-19,32H,3,12-17,20H2,1H3,(H2,37,38,42). The zero-order valence-corrected chi connectivity index (χ0v) is 27.2. The molecule has 0 bridgehead atoms. The van der Waals surface area contributed by atoms with Crippen LogP contribution in [-0.2, 0) is 4.79 Å². The second-order valence-corrected chi connectivity index (χ2v) is 13.0. The summed E-state index contributed by atoms with van der Waals surface area (Å²) in [6.07, 6.45) is 2.57. The number of rotatable bonds is 11. The molecule has 14 heteroatoms. The van der Waals surface area contributed by atoms with Gasteiger partial charge in [0.1, 0.15) is 28.5 Å². The minimum atomic E-state index is -1.04. The number of halogens is 2. The zero-order valence-electron chi connectivity index (χ0n) is 25.5. The van der Waals surface area contributed by atoms with Gasteiger partial charge in [0.05, 0.1) is 30.5 Å². The van der Waals surface area contributed by atoms with Crippen molar-refractivity contribution in [2.45, 2.75) is 11.8 Å². The number of aromatic nitrogens is 1. The number of fused-ring (bicyclic) bond motifs is 1. The number of carbonyl (C=O) groups is 2. The van der Waals surface area contributed by atoms with Gasteiger partial charge >= 0.3 is 6.03 Å². The Labute approximate surface area is 279 Å². The summed E-state index contributed by atoms with van der Waals surface area (Å²) in [5.41, 5.74) is 3.22. The fourth-order valence-electron chi connectivity index (χ4n) is 5.29. The highest BCUT2D eigenvalue weighted by atomic mass is 32.2. The van der Waals surface area contributed by atoms with Gasteiger partial charge in [-0.25, -0.2) is 24.0 Å². The molecule has 3 heterocycles. The minimum absolute atomic E-state index is 0.0348. The summed E-state index contributed by atoms with van der Waals surface area (Å²) in [6, 6.07) is 14.8. The van der Waals surface area contributed by atoms with Crippen LogP contribution in [0.1, 0.15) is 17.4 Å². The Kier molecular flexibility index (Phi) is 10.5. The number of carbonyl (C=O) groups excluding carboxylic acids is 2. The highest BCUT2D eigenvalue weighted by Gasteiger charge is 2.37. The van der Waals surface area contributed by atoms with Crippen molar-refractivity contribution in [3.8, 4) is 23.0 Å². The number of hydrazine groups is 1. The quantitative estimate of drug-likeness (QED) is 0.173. The summed E-state index contributed by atoms with van der Waals surface area (Å²) in [6.45, 7) is 3.80. The van der Waals surface area contributed by atoms with Crippen LogP contribution < -0.4 is 25.0 Å². The van der Waals surface area contributed by atoms with E-state index in [4.69, 9.17) is 14.2 Å². The molecule has 2 fully saturated rings. The second kappa shape index (κ2) is 15.1. The van der Waals surface area contributed by atoms with Crippen LogP contribution in [0, 0.1) is 11.6 Å². The van der Waals surface area contributed by atoms with Crippen LogP contribution >= 0.6 is 23.5 Å². The molecule has 3 aromatic carbocycles. The smallest absolute Gasteiger partial charge is 0.338 e. The fourth-order valence-corrected chi connectivity index (χ4v) is 7.42. The highest BCUT2D eigenvalue weighted by Crippen LogP contribution is 2.40. The number of thioether (sulfide) groups is 2. The van der Waals surface area contributed by atoms with Crippen molar-refractivity contribution >= 4 is 52.1 Å². The molecule has 2 saturated heterocycles. The van der Waals surface area contributed by atoms with E-state index in [0.29, 0.717) is 40.8 Å². The first kappa shape index (κ1) is 32.7. The molecular formula is C33H33F2N5O5S2. The van der Waals surface area contributed by atoms with E-state index in [1.54, 1.807) is 43.6 Å². The fraction of sp³-hybridized carbons (Fsp3) is 0.303. The van der Waals surface area contributed by atoms with E-state index < -0.39 is 28.9 Å². The maximum absolute atomic E-state index is 14.4. The second-order valence-electron chi connectivity index (χ2n) is 10.7. The summed E-state index contributed by atoms with van der Waals surface area (Å²) in [7, 11) is 1.59. The first-order valence-corrected chi connectivity index (χ1v) is 17.2. The van der Waals surface area contributed by atoms with E-state index in [-0.39, 0.29) is 11.3 Å². The Bertz CT molecular complexity index is 1720. The molecule has 47 heavy (non-hydrogen) atoms. The molecule has 0 saturated carbocycles. The number of anilines is 1. The van der Waals surface area contributed by atoms with Crippen molar-refractivity contribution in [3.05, 3.63) is 84.1 Å². The van der Waals surface area contributed by atoms with Crippen molar-refractivity contribution in [1.29, 1.82) is 0 Å². The molecule has 3 amide bonds. The number of benzene rings is 3. The van der Waals surface area contributed by atoms with E-state index in [0.717, 1.165) is 60.3 Å². The highest BCUT2D eigenvalue weighted by molar-refractivity contribution is 8.00. The van der Waals surface area contributed by atoms with Gasteiger partial charge in [0.2, 0.25) is 0 Å². The van der Waals surface area contributed by atoms with Crippen LogP contribution in [0.2, 0.25) is 0 Å². The van der Waals surface area contributed by atoms with Gasteiger partial charge in [0.25, 0.3) is 5.91 Å². The van der Waals surface area contributed by atoms with Crippen LogP contribution in [0.4, 0.5) is 19.3 Å². The molecule has 1 atom stereocenters. The molecular weight excluding hydrogens is 649 g/mol. The number of amides is 3. The average molecular weight is 682 g/mol. The number of hydrogen-bond donors (Lipinski definition) is 2. The lowest BCUT2D eigenvalue weighted by molar-refractivity contribution is -0.130. The number of ether oxygens (including phenoxy) is 3. The Balaban J connectivity index is 1.07. The maximum atomic E-state index is 14.4. The molecule has 10 nitrogen and oxygen atoms in total. The minimum Gasteiger partial charge on any atom is -0.493 e. The largest absolute Gasteiger partial charge is 0.493 e. The van der Waals surface area contributed by atoms with Crippen molar-refractivity contribution in [2.75, 3.05) is 55.9 Å². The lowest BCUT2D eigenvalue weighted by Crippen LogP contribution is -2.46. The molecule has 2 aliphatic heterocycles. The van der Waals surface area contributed by atoms with Gasteiger partial charge in [0, 0.05) is 54.5 Å². The molecule has 1 unspecified atom stereocenters. The Morgan fingerprint density at radius 1 is 1.02 bits per heavy atom. The molecule has 2 N–H and O–H groups in total. The van der Waals surface area contributed by atoms with Crippen molar-refractivity contribution in [2.24, 2.45) is 0 Å². The van der Waals surface area contributed by atoms with E-state index in [1.165, 1.54) is 17.6 Å². The van der Waals surface area contributed by atoms with Crippen LogP contribution in [0.15, 0.2) is 66.9 Å². The Hall–Kier alpha value is -4.27. The zero-order chi connectivity index (χ0) is 32.8. The average Bonchev–Trinajstić information content (AvgIpc) is 3.42. The lowest BCUT2D eigenvalue weighted by atomic mass is 10.1. The van der Waals surface area contributed by atoms with Gasteiger partial charge in [-0.15, -0.1) is 11.8 Å². The number of nitrogens with zero attached hydrogens (tertiary/aromatic N) is 3. The van der Waals surface area contributed by atoms with Gasteiger partial charge in [-0.05, 0) is 55.0 Å². The molecule has 0 radical (unpaired) electrons. The molecule has 1 aromatic heterocycles. The normalized spacial score (nSPS) is 16.7. The monoisotopic (exact) mass is 681 g/mol. The van der Waals surface area contributed by atoms with E-state index in [2.05, 4.69) is 20.6 Å². The van der Waals surface area contributed by atoms with Gasteiger partial charge in [0.15, 0.2) is 11.5 Å². The number of methoxy groups -OCH3 is 1. The molecule has 246 valence electrons. The van der Waals surface area contributed by atoms with Crippen LogP contribution in [0.5, 0.6) is 23.0 Å². The summed E-state index contributed by atoms with van der Waals surface area (Å²) in [5.74, 6) is 2.49. The number of nitrogens with one attached hydrogen (secondary N) is 2. The number of pyridine rings is 1. The third-order valence-electron chi connectivity index (χ3n) is 7.64.